The Bertz CT molecular complexity index is 569. The van der Waals surface area contributed by atoms with Gasteiger partial charge in [-0.05, 0) is 85.0 Å². The van der Waals surface area contributed by atoms with Crippen LogP contribution in [0.25, 0.3) is 0 Å². The maximum atomic E-state index is 6.87. The van der Waals surface area contributed by atoms with Gasteiger partial charge in [0.05, 0.1) is 0 Å². The lowest BCUT2D eigenvalue weighted by atomic mass is 9.43. The zero-order chi connectivity index (χ0) is 14.8. The Kier molecular flexibility index (Phi) is 3.37. The van der Waals surface area contributed by atoms with Crippen molar-refractivity contribution in [3.63, 3.8) is 0 Å². The Balaban J connectivity index is 1.73. The zero-order valence-electron chi connectivity index (χ0n) is 12.5. The summed E-state index contributed by atoms with van der Waals surface area (Å²) in [6, 6.07) is 6.59. The molecule has 3 atom stereocenters. The van der Waals surface area contributed by atoms with Gasteiger partial charge in [-0.1, -0.05) is 38.8 Å². The number of benzene rings is 1. The summed E-state index contributed by atoms with van der Waals surface area (Å²) in [6.45, 7) is 2.52. The van der Waals surface area contributed by atoms with E-state index in [1.807, 2.05) is 0 Å². The van der Waals surface area contributed by atoms with Gasteiger partial charge in [-0.2, -0.15) is 0 Å². The van der Waals surface area contributed by atoms with Crippen molar-refractivity contribution in [2.45, 2.75) is 51.5 Å². The largest absolute Gasteiger partial charge is 0.323 e. The van der Waals surface area contributed by atoms with Crippen LogP contribution in [0.1, 0.15) is 57.1 Å². The molecule has 4 aliphatic rings. The third kappa shape index (κ3) is 2.35. The summed E-state index contributed by atoms with van der Waals surface area (Å²) >= 11 is 7.33. The van der Waals surface area contributed by atoms with E-state index in [4.69, 9.17) is 5.73 Å². The molecule has 4 fully saturated rings. The molecule has 2 N–H and O–H groups in total. The highest BCUT2D eigenvalue weighted by atomic mass is 79.9. The summed E-state index contributed by atoms with van der Waals surface area (Å²) in [7, 11) is 0. The first-order valence-corrected chi connectivity index (χ1v) is 9.68. The van der Waals surface area contributed by atoms with E-state index in [-0.39, 0.29) is 6.04 Å². The third-order valence-corrected chi connectivity index (χ3v) is 7.57. The highest BCUT2D eigenvalue weighted by molar-refractivity contribution is 9.11. The molecule has 5 rings (SSSR count). The van der Waals surface area contributed by atoms with E-state index in [0.717, 1.165) is 16.3 Å². The monoisotopic (exact) mass is 411 g/mol. The van der Waals surface area contributed by atoms with Crippen LogP contribution in [0.2, 0.25) is 0 Å². The average Bonchev–Trinajstić information content (AvgIpc) is 2.38. The fraction of sp³-hybridized carbons (Fsp3) is 0.667. The van der Waals surface area contributed by atoms with Gasteiger partial charge in [0.1, 0.15) is 0 Å². The summed E-state index contributed by atoms with van der Waals surface area (Å²) in [4.78, 5) is 0. The summed E-state index contributed by atoms with van der Waals surface area (Å²) in [5, 5.41) is 0. The fourth-order valence-electron chi connectivity index (χ4n) is 6.24. The fourth-order valence-corrected chi connectivity index (χ4v) is 7.12. The molecule has 1 nitrogen and oxygen atoms in total. The van der Waals surface area contributed by atoms with Crippen LogP contribution in [0.5, 0.6) is 0 Å². The quantitative estimate of drug-likeness (QED) is 0.650. The minimum atomic E-state index is 0.162. The van der Waals surface area contributed by atoms with E-state index >= 15 is 0 Å². The molecule has 1 aromatic carbocycles. The Hall–Kier alpha value is 0.140. The Morgan fingerprint density at radius 3 is 2.43 bits per heavy atom. The van der Waals surface area contributed by atoms with Crippen LogP contribution in [0.3, 0.4) is 0 Å². The van der Waals surface area contributed by atoms with Crippen molar-refractivity contribution in [2.24, 2.45) is 28.4 Å². The van der Waals surface area contributed by atoms with Gasteiger partial charge in [0, 0.05) is 15.0 Å². The van der Waals surface area contributed by atoms with E-state index in [0.29, 0.717) is 10.8 Å². The average molecular weight is 413 g/mol. The summed E-state index contributed by atoms with van der Waals surface area (Å²) in [5.74, 6) is 1.85. The van der Waals surface area contributed by atoms with Crippen molar-refractivity contribution in [2.75, 3.05) is 0 Å². The number of hydrogen-bond donors (Lipinski definition) is 1. The van der Waals surface area contributed by atoms with E-state index in [1.54, 1.807) is 0 Å². The first-order valence-electron chi connectivity index (χ1n) is 8.10. The van der Waals surface area contributed by atoms with Crippen molar-refractivity contribution in [3.8, 4) is 0 Å². The predicted octanol–water partition coefficient (Wildman–Crippen LogP) is 5.82. The molecule has 0 saturated heterocycles. The molecule has 0 aliphatic heterocycles. The molecule has 21 heavy (non-hydrogen) atoms. The van der Waals surface area contributed by atoms with E-state index in [1.165, 1.54) is 48.6 Å². The van der Waals surface area contributed by atoms with E-state index in [9.17, 15) is 0 Å². The molecule has 1 aromatic rings. The van der Waals surface area contributed by atoms with Crippen molar-refractivity contribution in [1.82, 2.24) is 0 Å². The second-order valence-electron chi connectivity index (χ2n) is 8.28. The molecule has 3 unspecified atom stereocenters. The van der Waals surface area contributed by atoms with Crippen molar-refractivity contribution >= 4 is 31.9 Å². The first kappa shape index (κ1) is 14.7. The van der Waals surface area contributed by atoms with Crippen LogP contribution in [0.4, 0.5) is 0 Å². The number of nitrogens with two attached hydrogens (primary N) is 1. The number of halogens is 2. The predicted molar refractivity (Wildman–Crippen MR) is 94.0 cm³/mol. The van der Waals surface area contributed by atoms with Crippen LogP contribution < -0.4 is 5.73 Å². The third-order valence-electron chi connectivity index (χ3n) is 6.35. The molecule has 3 heteroatoms. The van der Waals surface area contributed by atoms with Gasteiger partial charge in [0.2, 0.25) is 0 Å². The zero-order valence-corrected chi connectivity index (χ0v) is 15.7. The summed E-state index contributed by atoms with van der Waals surface area (Å²) in [5.41, 5.74) is 9.05. The standard InChI is InChI=1S/C18H23Br2N/c1-17-6-11-4-12(7-17)9-18(8-11,10-17)16(21)14-5-13(19)2-3-15(14)20/h2-3,5,11-12,16H,4,6-10,21H2,1H3. The van der Waals surface area contributed by atoms with Gasteiger partial charge in [-0.25, -0.2) is 0 Å². The molecule has 0 aromatic heterocycles. The van der Waals surface area contributed by atoms with Gasteiger partial charge < -0.3 is 5.73 Å². The van der Waals surface area contributed by atoms with Crippen LogP contribution in [0.15, 0.2) is 27.1 Å². The molecule has 4 saturated carbocycles. The van der Waals surface area contributed by atoms with E-state index < -0.39 is 0 Å². The maximum absolute atomic E-state index is 6.87. The van der Waals surface area contributed by atoms with Gasteiger partial charge in [0.15, 0.2) is 0 Å². The van der Waals surface area contributed by atoms with Crippen LogP contribution >= 0.6 is 31.9 Å². The number of hydrogen-bond acceptors (Lipinski definition) is 1. The van der Waals surface area contributed by atoms with Crippen molar-refractivity contribution in [3.05, 3.63) is 32.7 Å². The van der Waals surface area contributed by atoms with Crippen LogP contribution in [-0.4, -0.2) is 0 Å². The van der Waals surface area contributed by atoms with Crippen molar-refractivity contribution in [1.29, 1.82) is 0 Å². The lowest BCUT2D eigenvalue weighted by Gasteiger charge is -2.63. The highest BCUT2D eigenvalue weighted by Crippen LogP contribution is 2.68. The van der Waals surface area contributed by atoms with E-state index in [2.05, 4.69) is 57.0 Å². The van der Waals surface area contributed by atoms with Crippen molar-refractivity contribution < 1.29 is 0 Å². The van der Waals surface area contributed by atoms with Crippen LogP contribution in [0, 0.1) is 22.7 Å². The molecular formula is C18H23Br2N. The molecule has 0 heterocycles. The molecule has 0 radical (unpaired) electrons. The molecule has 4 aliphatic carbocycles. The molecule has 114 valence electrons. The topological polar surface area (TPSA) is 26.0 Å². The second-order valence-corrected chi connectivity index (χ2v) is 10.0. The highest BCUT2D eigenvalue weighted by Gasteiger charge is 2.58. The lowest BCUT2D eigenvalue weighted by molar-refractivity contribution is -0.113. The molecular weight excluding hydrogens is 390 g/mol. The minimum Gasteiger partial charge on any atom is -0.323 e. The minimum absolute atomic E-state index is 0.162. The molecule has 0 spiro atoms. The van der Waals surface area contributed by atoms with Gasteiger partial charge >= 0.3 is 0 Å². The first-order chi connectivity index (χ1) is 9.89. The van der Waals surface area contributed by atoms with Crippen LogP contribution in [-0.2, 0) is 0 Å². The lowest BCUT2D eigenvalue weighted by Crippen LogP contribution is -2.54. The maximum Gasteiger partial charge on any atom is 0.0364 e. The van der Waals surface area contributed by atoms with Gasteiger partial charge in [-0.15, -0.1) is 0 Å². The Morgan fingerprint density at radius 2 is 1.81 bits per heavy atom. The normalized spacial score (nSPS) is 42.3. The van der Waals surface area contributed by atoms with Gasteiger partial charge in [0.25, 0.3) is 0 Å². The summed E-state index contributed by atoms with van der Waals surface area (Å²) in [6.07, 6.45) is 8.37. The van der Waals surface area contributed by atoms with Gasteiger partial charge in [-0.3, -0.25) is 0 Å². The Morgan fingerprint density at radius 1 is 1.14 bits per heavy atom. The molecule has 4 bridgehead atoms. The second kappa shape index (κ2) is 4.82. The Labute approximate surface area is 144 Å². The SMILES string of the molecule is CC12CC3CC(C1)CC(C(N)c1cc(Br)ccc1Br)(C3)C2. The molecule has 0 amide bonds. The smallest absolute Gasteiger partial charge is 0.0364 e. The number of rotatable bonds is 2. The summed E-state index contributed by atoms with van der Waals surface area (Å²) < 4.78 is 2.30.